The van der Waals surface area contributed by atoms with E-state index in [1.807, 2.05) is 48.9 Å². The number of nitrogens with one attached hydrogen (secondary N) is 1. The Labute approximate surface area is 234 Å². The molecular formula is C30H25N9O2. The van der Waals surface area contributed by atoms with Crippen LogP contribution in [0.1, 0.15) is 46.2 Å². The van der Waals surface area contributed by atoms with Crippen molar-refractivity contribution in [2.75, 3.05) is 5.73 Å². The van der Waals surface area contributed by atoms with E-state index in [1.54, 1.807) is 49.8 Å². The molecule has 0 radical (unpaired) electrons. The van der Waals surface area contributed by atoms with Gasteiger partial charge in [0, 0.05) is 25.0 Å². The van der Waals surface area contributed by atoms with Crippen molar-refractivity contribution < 1.29 is 4.79 Å². The van der Waals surface area contributed by atoms with Crippen molar-refractivity contribution in [1.82, 2.24) is 39.0 Å². The summed E-state index contributed by atoms with van der Waals surface area (Å²) in [6.45, 7) is 3.65. The monoisotopic (exact) mass is 543 g/mol. The van der Waals surface area contributed by atoms with Crippen LogP contribution < -0.4 is 16.6 Å². The van der Waals surface area contributed by atoms with Gasteiger partial charge in [0.15, 0.2) is 11.5 Å². The molecule has 11 nitrogen and oxygen atoms in total. The number of anilines is 1. The molecule has 0 bridgehead atoms. The second kappa shape index (κ2) is 10.1. The predicted molar refractivity (Wildman–Crippen MR) is 155 cm³/mol. The number of para-hydroxylation sites is 1. The van der Waals surface area contributed by atoms with Gasteiger partial charge in [-0.15, -0.1) is 5.10 Å². The number of fused-ring (bicyclic) bond motifs is 2. The van der Waals surface area contributed by atoms with Crippen LogP contribution in [0.3, 0.4) is 0 Å². The second-order valence-electron chi connectivity index (χ2n) is 9.49. The number of nitrogens with zero attached hydrogens (tertiary/aromatic N) is 7. The van der Waals surface area contributed by atoms with Gasteiger partial charge in [-0.2, -0.15) is 0 Å². The molecule has 0 fully saturated rings. The van der Waals surface area contributed by atoms with E-state index in [2.05, 4.69) is 32.2 Å². The fraction of sp³-hybridized carbons (Fsp3) is 0.133. The van der Waals surface area contributed by atoms with Crippen LogP contribution in [0.2, 0.25) is 0 Å². The van der Waals surface area contributed by atoms with Gasteiger partial charge in [-0.05, 0) is 50.1 Å². The molecule has 0 saturated heterocycles. The van der Waals surface area contributed by atoms with Crippen LogP contribution in [-0.4, -0.2) is 39.6 Å². The highest BCUT2D eigenvalue weighted by Crippen LogP contribution is 2.22. The number of imidazole rings is 1. The number of benzene rings is 2. The zero-order valence-electron chi connectivity index (χ0n) is 22.5. The van der Waals surface area contributed by atoms with Crippen LogP contribution in [0, 0.1) is 18.8 Å². The summed E-state index contributed by atoms with van der Waals surface area (Å²) < 4.78 is 4.83. The van der Waals surface area contributed by atoms with E-state index in [-0.39, 0.29) is 16.9 Å². The Hall–Kier alpha value is -5.76. The molecular weight excluding hydrogens is 518 g/mol. The van der Waals surface area contributed by atoms with Crippen molar-refractivity contribution in [2.24, 2.45) is 7.05 Å². The van der Waals surface area contributed by atoms with Crippen molar-refractivity contribution in [1.29, 1.82) is 0 Å². The average molecular weight is 544 g/mol. The quantitative estimate of drug-likeness (QED) is 0.326. The SMILES string of the molecule is Cc1ncc(C#Cc2cccc3nc(C(C)NC(=O)c4c(N)nn5cccnc45)n(-c4ccccc4)c(=O)c23)n1C. The van der Waals surface area contributed by atoms with E-state index in [4.69, 9.17) is 10.7 Å². The number of nitrogen functional groups attached to an aromatic ring is 1. The summed E-state index contributed by atoms with van der Waals surface area (Å²) in [6, 6.07) is 15.5. The van der Waals surface area contributed by atoms with Gasteiger partial charge in [0.2, 0.25) is 0 Å². The summed E-state index contributed by atoms with van der Waals surface area (Å²) in [5, 5.41) is 7.48. The Kier molecular flexibility index (Phi) is 6.28. The summed E-state index contributed by atoms with van der Waals surface area (Å²) >= 11 is 0. The molecule has 1 amide bonds. The zero-order chi connectivity index (χ0) is 28.7. The summed E-state index contributed by atoms with van der Waals surface area (Å²) in [6.07, 6.45) is 4.92. The average Bonchev–Trinajstić information content (AvgIpc) is 3.49. The van der Waals surface area contributed by atoms with Gasteiger partial charge in [0.25, 0.3) is 11.5 Å². The van der Waals surface area contributed by atoms with Crippen molar-refractivity contribution in [3.8, 4) is 17.5 Å². The summed E-state index contributed by atoms with van der Waals surface area (Å²) in [5.41, 5.74) is 8.56. The van der Waals surface area contributed by atoms with Gasteiger partial charge in [-0.25, -0.2) is 19.5 Å². The topological polar surface area (TPSA) is 138 Å². The van der Waals surface area contributed by atoms with Crippen molar-refractivity contribution in [3.05, 3.63) is 112 Å². The van der Waals surface area contributed by atoms with Gasteiger partial charge >= 0.3 is 0 Å². The Balaban J connectivity index is 1.48. The van der Waals surface area contributed by atoms with E-state index in [9.17, 15) is 9.59 Å². The highest BCUT2D eigenvalue weighted by Gasteiger charge is 2.24. The number of hydrogen-bond acceptors (Lipinski definition) is 7. The molecule has 0 saturated carbocycles. The smallest absolute Gasteiger partial charge is 0.267 e. The molecule has 3 N–H and O–H groups in total. The molecule has 202 valence electrons. The van der Waals surface area contributed by atoms with Gasteiger partial charge in [-0.1, -0.05) is 30.2 Å². The Bertz CT molecular complexity index is 2080. The number of amides is 1. The maximum absolute atomic E-state index is 14.2. The van der Waals surface area contributed by atoms with Gasteiger partial charge in [-0.3, -0.25) is 14.2 Å². The maximum atomic E-state index is 14.2. The van der Waals surface area contributed by atoms with Crippen LogP contribution in [0.15, 0.2) is 78.0 Å². The van der Waals surface area contributed by atoms with Crippen LogP contribution in [0.4, 0.5) is 5.82 Å². The number of aromatic nitrogens is 7. The lowest BCUT2D eigenvalue weighted by Crippen LogP contribution is -2.33. The van der Waals surface area contributed by atoms with E-state index in [1.165, 1.54) is 9.08 Å². The van der Waals surface area contributed by atoms with E-state index < -0.39 is 11.9 Å². The molecule has 6 aromatic rings. The number of aryl methyl sites for hydroxylation is 1. The lowest BCUT2D eigenvalue weighted by atomic mass is 10.1. The van der Waals surface area contributed by atoms with E-state index >= 15 is 0 Å². The number of carbonyl (C=O) groups is 1. The van der Waals surface area contributed by atoms with Gasteiger partial charge in [0.1, 0.15) is 22.9 Å². The minimum Gasteiger partial charge on any atom is -0.381 e. The van der Waals surface area contributed by atoms with Gasteiger partial charge < -0.3 is 15.6 Å². The first-order chi connectivity index (χ1) is 19.8. The molecule has 0 aliphatic rings. The molecule has 1 atom stereocenters. The fourth-order valence-electron chi connectivity index (χ4n) is 4.67. The standard InChI is InChI=1S/C30H25N9O2/c1-18(34-29(40)25-26(31)36-38-16-8-15-32-28(25)38)27-35-23-12-7-9-20(13-14-22-17-33-19(2)37(22)3)24(23)30(41)39(27)21-10-5-4-6-11-21/h4-12,15-18H,1-3H3,(H2,31,36)(H,34,40). The van der Waals surface area contributed by atoms with Crippen LogP contribution in [0.25, 0.3) is 22.2 Å². The number of nitrogens with two attached hydrogens (primary N) is 1. The summed E-state index contributed by atoms with van der Waals surface area (Å²) in [7, 11) is 1.89. The largest absolute Gasteiger partial charge is 0.381 e. The zero-order valence-corrected chi connectivity index (χ0v) is 22.5. The van der Waals surface area contributed by atoms with E-state index in [0.29, 0.717) is 33.6 Å². The Morgan fingerprint density at radius 3 is 2.61 bits per heavy atom. The maximum Gasteiger partial charge on any atom is 0.267 e. The molecule has 4 aromatic heterocycles. The predicted octanol–water partition coefficient (Wildman–Crippen LogP) is 2.94. The van der Waals surface area contributed by atoms with Gasteiger partial charge in [0.05, 0.1) is 28.8 Å². The number of carbonyl (C=O) groups excluding carboxylic acids is 1. The third-order valence-electron chi connectivity index (χ3n) is 6.87. The molecule has 41 heavy (non-hydrogen) atoms. The minimum absolute atomic E-state index is 0.0483. The molecule has 11 heteroatoms. The summed E-state index contributed by atoms with van der Waals surface area (Å²) in [5.74, 6) is 7.00. The van der Waals surface area contributed by atoms with Crippen LogP contribution in [0.5, 0.6) is 0 Å². The molecule has 0 aliphatic heterocycles. The highest BCUT2D eigenvalue weighted by atomic mass is 16.2. The van der Waals surface area contributed by atoms with Crippen LogP contribution in [-0.2, 0) is 7.05 Å². The fourth-order valence-corrected chi connectivity index (χ4v) is 4.67. The van der Waals surface area contributed by atoms with Crippen molar-refractivity contribution in [2.45, 2.75) is 19.9 Å². The van der Waals surface area contributed by atoms with Crippen molar-refractivity contribution >= 4 is 28.3 Å². The summed E-state index contributed by atoms with van der Waals surface area (Å²) in [4.78, 5) is 41.0. The number of hydrogen-bond donors (Lipinski definition) is 2. The molecule has 1 unspecified atom stereocenters. The normalized spacial score (nSPS) is 11.8. The van der Waals surface area contributed by atoms with Crippen molar-refractivity contribution in [3.63, 3.8) is 0 Å². The third-order valence-corrected chi connectivity index (χ3v) is 6.87. The molecule has 0 aliphatic carbocycles. The number of rotatable bonds is 4. The molecule has 0 spiro atoms. The lowest BCUT2D eigenvalue weighted by molar-refractivity contribution is 0.0940. The first-order valence-electron chi connectivity index (χ1n) is 12.8. The molecule has 2 aromatic carbocycles. The Morgan fingerprint density at radius 1 is 1.05 bits per heavy atom. The highest BCUT2D eigenvalue weighted by molar-refractivity contribution is 6.04. The first kappa shape index (κ1) is 25.5. The van der Waals surface area contributed by atoms with E-state index in [0.717, 1.165) is 11.5 Å². The molecule has 4 heterocycles. The lowest BCUT2D eigenvalue weighted by Gasteiger charge is -2.20. The third kappa shape index (κ3) is 4.47. The first-order valence-corrected chi connectivity index (χ1v) is 12.8. The molecule has 6 rings (SSSR count). The van der Waals surface area contributed by atoms with Crippen LogP contribution >= 0.6 is 0 Å². The Morgan fingerprint density at radius 2 is 1.85 bits per heavy atom. The second-order valence-corrected chi connectivity index (χ2v) is 9.49. The minimum atomic E-state index is -0.690.